The Balaban J connectivity index is 1.51. The van der Waals surface area contributed by atoms with E-state index in [4.69, 9.17) is 0 Å². The molecule has 2 heterocycles. The average molecular weight is 410 g/mol. The van der Waals surface area contributed by atoms with Crippen LogP contribution < -0.4 is 4.72 Å². The summed E-state index contributed by atoms with van der Waals surface area (Å²) in [6.45, 7) is 2.80. The van der Waals surface area contributed by atoms with Gasteiger partial charge in [0.2, 0.25) is 10.0 Å². The molecule has 0 saturated carbocycles. The Labute approximate surface area is 169 Å². The molecule has 0 saturated heterocycles. The van der Waals surface area contributed by atoms with Gasteiger partial charge in [-0.1, -0.05) is 36.4 Å². The largest absolute Gasteiger partial charge is 0.333 e. The summed E-state index contributed by atoms with van der Waals surface area (Å²) in [5.41, 5.74) is 3.27. The first-order valence-electron chi connectivity index (χ1n) is 9.42. The SMILES string of the molecule is C[C@@H](NS(=O)(=O)c1ccc2c(c1)CCN(C(=O)c1ccn[nH]1)C2)c1ccccc1. The van der Waals surface area contributed by atoms with E-state index in [1.165, 1.54) is 0 Å². The fraction of sp³-hybridized carbons (Fsp3) is 0.238. The zero-order valence-corrected chi connectivity index (χ0v) is 16.8. The van der Waals surface area contributed by atoms with E-state index in [0.717, 1.165) is 16.7 Å². The van der Waals surface area contributed by atoms with Crippen molar-refractivity contribution in [3.63, 3.8) is 0 Å². The van der Waals surface area contributed by atoms with Gasteiger partial charge in [0.05, 0.1) is 4.90 Å². The van der Waals surface area contributed by atoms with Crippen LogP contribution in [0.25, 0.3) is 0 Å². The third-order valence-corrected chi connectivity index (χ3v) is 6.69. The van der Waals surface area contributed by atoms with Crippen LogP contribution in [-0.4, -0.2) is 36.0 Å². The molecule has 4 rings (SSSR count). The van der Waals surface area contributed by atoms with Crippen LogP contribution in [0.5, 0.6) is 0 Å². The highest BCUT2D eigenvalue weighted by atomic mass is 32.2. The summed E-state index contributed by atoms with van der Waals surface area (Å²) in [4.78, 5) is 14.5. The third-order valence-electron chi connectivity index (χ3n) is 5.15. The minimum atomic E-state index is -3.65. The quantitative estimate of drug-likeness (QED) is 0.676. The summed E-state index contributed by atoms with van der Waals surface area (Å²) in [7, 11) is -3.65. The van der Waals surface area contributed by atoms with Gasteiger partial charge in [0.25, 0.3) is 5.91 Å². The van der Waals surface area contributed by atoms with Crippen molar-refractivity contribution >= 4 is 15.9 Å². The van der Waals surface area contributed by atoms with E-state index in [0.29, 0.717) is 25.2 Å². The number of hydrogen-bond acceptors (Lipinski definition) is 4. The van der Waals surface area contributed by atoms with Crippen LogP contribution in [0.3, 0.4) is 0 Å². The summed E-state index contributed by atoms with van der Waals surface area (Å²) >= 11 is 0. The van der Waals surface area contributed by atoms with Crippen molar-refractivity contribution in [2.45, 2.75) is 30.8 Å². The molecular weight excluding hydrogens is 388 g/mol. The average Bonchev–Trinajstić information content (AvgIpc) is 3.27. The molecule has 1 aliphatic rings. The molecule has 0 spiro atoms. The standard InChI is InChI=1S/C21H22N4O3S/c1-15(16-5-3-2-4-6-16)24-29(27,28)19-8-7-18-14-25(12-10-17(18)13-19)21(26)20-9-11-22-23-20/h2-9,11,13,15,24H,10,12,14H2,1H3,(H,22,23)/t15-/m1/s1. The molecule has 0 aliphatic carbocycles. The van der Waals surface area contributed by atoms with Gasteiger partial charge in [-0.15, -0.1) is 0 Å². The number of nitrogens with one attached hydrogen (secondary N) is 2. The zero-order valence-electron chi connectivity index (χ0n) is 16.0. The zero-order chi connectivity index (χ0) is 20.4. The van der Waals surface area contributed by atoms with E-state index in [1.807, 2.05) is 37.3 Å². The highest BCUT2D eigenvalue weighted by Gasteiger charge is 2.25. The Morgan fingerprint density at radius 2 is 1.93 bits per heavy atom. The van der Waals surface area contributed by atoms with Crippen molar-refractivity contribution in [2.75, 3.05) is 6.54 Å². The number of carbonyl (C=O) groups excluding carboxylic acids is 1. The molecule has 0 bridgehead atoms. The monoisotopic (exact) mass is 410 g/mol. The van der Waals surface area contributed by atoms with Crippen molar-refractivity contribution in [1.29, 1.82) is 0 Å². The predicted octanol–water partition coefficient (Wildman–Crippen LogP) is 2.65. The molecule has 1 aliphatic heterocycles. The molecule has 0 unspecified atom stereocenters. The molecule has 8 heteroatoms. The van der Waals surface area contributed by atoms with Crippen LogP contribution in [0.2, 0.25) is 0 Å². The Hall–Kier alpha value is -2.97. The van der Waals surface area contributed by atoms with Gasteiger partial charge in [-0.25, -0.2) is 13.1 Å². The van der Waals surface area contributed by atoms with E-state index in [-0.39, 0.29) is 16.8 Å². The molecule has 0 radical (unpaired) electrons. The second-order valence-electron chi connectivity index (χ2n) is 7.13. The Bertz CT molecular complexity index is 1110. The molecule has 150 valence electrons. The third kappa shape index (κ3) is 4.08. The minimum Gasteiger partial charge on any atom is -0.333 e. The normalized spacial score (nSPS) is 15.0. The lowest BCUT2D eigenvalue weighted by Crippen LogP contribution is -2.36. The topological polar surface area (TPSA) is 95.2 Å². The lowest BCUT2D eigenvalue weighted by atomic mass is 9.99. The summed E-state index contributed by atoms with van der Waals surface area (Å²) in [6.07, 6.45) is 2.15. The number of rotatable bonds is 5. The molecule has 1 atom stereocenters. The highest BCUT2D eigenvalue weighted by Crippen LogP contribution is 2.24. The van der Waals surface area contributed by atoms with E-state index in [2.05, 4.69) is 14.9 Å². The first-order valence-corrected chi connectivity index (χ1v) is 10.9. The number of hydrogen-bond donors (Lipinski definition) is 2. The van der Waals surface area contributed by atoms with Gasteiger partial charge in [0, 0.05) is 25.3 Å². The Morgan fingerprint density at radius 3 is 2.66 bits per heavy atom. The summed E-state index contributed by atoms with van der Waals surface area (Å²) < 4.78 is 28.4. The maximum absolute atomic E-state index is 12.8. The maximum atomic E-state index is 12.8. The maximum Gasteiger partial charge on any atom is 0.272 e. The van der Waals surface area contributed by atoms with Crippen molar-refractivity contribution in [3.05, 3.63) is 83.2 Å². The summed E-state index contributed by atoms with van der Waals surface area (Å²) in [5, 5.41) is 6.51. The van der Waals surface area contributed by atoms with Gasteiger partial charge < -0.3 is 4.90 Å². The molecule has 3 aromatic rings. The van der Waals surface area contributed by atoms with Gasteiger partial charge in [0.15, 0.2) is 0 Å². The van der Waals surface area contributed by atoms with Crippen LogP contribution in [0.4, 0.5) is 0 Å². The fourth-order valence-electron chi connectivity index (χ4n) is 3.53. The highest BCUT2D eigenvalue weighted by molar-refractivity contribution is 7.89. The van der Waals surface area contributed by atoms with Gasteiger partial charge in [-0.05, 0) is 48.2 Å². The molecule has 1 amide bonds. The number of aromatic amines is 1. The molecule has 0 fully saturated rings. The molecule has 29 heavy (non-hydrogen) atoms. The van der Waals surface area contributed by atoms with Gasteiger partial charge in [-0.3, -0.25) is 9.89 Å². The van der Waals surface area contributed by atoms with Gasteiger partial charge >= 0.3 is 0 Å². The first kappa shape index (κ1) is 19.4. The van der Waals surface area contributed by atoms with Crippen LogP contribution in [-0.2, 0) is 23.0 Å². The van der Waals surface area contributed by atoms with Crippen molar-refractivity contribution < 1.29 is 13.2 Å². The van der Waals surface area contributed by atoms with Gasteiger partial charge in [-0.2, -0.15) is 5.10 Å². The first-order chi connectivity index (χ1) is 13.9. The number of nitrogens with zero attached hydrogens (tertiary/aromatic N) is 2. The smallest absolute Gasteiger partial charge is 0.272 e. The summed E-state index contributed by atoms with van der Waals surface area (Å²) in [5.74, 6) is -0.108. The Kier molecular flexibility index (Phi) is 5.21. The molecule has 2 N–H and O–H groups in total. The van der Waals surface area contributed by atoms with Crippen LogP contribution in [0, 0.1) is 0 Å². The minimum absolute atomic E-state index is 0.108. The number of carbonyl (C=O) groups is 1. The fourth-order valence-corrected chi connectivity index (χ4v) is 4.81. The number of benzene rings is 2. The van der Waals surface area contributed by atoms with Crippen molar-refractivity contribution in [2.24, 2.45) is 0 Å². The van der Waals surface area contributed by atoms with E-state index in [9.17, 15) is 13.2 Å². The van der Waals surface area contributed by atoms with Crippen LogP contribution >= 0.6 is 0 Å². The number of H-pyrrole nitrogens is 1. The molecular formula is C21H22N4O3S. The molecule has 2 aromatic carbocycles. The lowest BCUT2D eigenvalue weighted by Gasteiger charge is -2.29. The number of sulfonamides is 1. The summed E-state index contributed by atoms with van der Waals surface area (Å²) in [6, 6.07) is 15.9. The second kappa shape index (κ2) is 7.81. The predicted molar refractivity (Wildman–Crippen MR) is 109 cm³/mol. The second-order valence-corrected chi connectivity index (χ2v) is 8.85. The van der Waals surface area contributed by atoms with Crippen molar-refractivity contribution in [1.82, 2.24) is 19.8 Å². The molecule has 7 nitrogen and oxygen atoms in total. The van der Waals surface area contributed by atoms with Crippen molar-refractivity contribution in [3.8, 4) is 0 Å². The molecule has 1 aromatic heterocycles. The van der Waals surface area contributed by atoms with Crippen LogP contribution in [0.15, 0.2) is 65.7 Å². The number of amides is 1. The Morgan fingerprint density at radius 1 is 1.14 bits per heavy atom. The van der Waals surface area contributed by atoms with E-state index < -0.39 is 10.0 Å². The van der Waals surface area contributed by atoms with E-state index in [1.54, 1.807) is 35.4 Å². The number of aromatic nitrogens is 2. The number of fused-ring (bicyclic) bond motifs is 1. The van der Waals surface area contributed by atoms with Crippen LogP contribution in [0.1, 0.15) is 40.1 Å². The van der Waals surface area contributed by atoms with E-state index >= 15 is 0 Å². The lowest BCUT2D eigenvalue weighted by molar-refractivity contribution is 0.0728. The van der Waals surface area contributed by atoms with Gasteiger partial charge in [0.1, 0.15) is 5.69 Å².